The van der Waals surface area contributed by atoms with Crippen molar-refractivity contribution in [1.29, 1.82) is 5.26 Å². The van der Waals surface area contributed by atoms with Gasteiger partial charge in [0.25, 0.3) is 0 Å². The monoisotopic (exact) mass is 258 g/mol. The summed E-state index contributed by atoms with van der Waals surface area (Å²) in [6.45, 7) is 1.99. The van der Waals surface area contributed by atoms with E-state index < -0.39 is 0 Å². The fraction of sp³-hybridized carbons (Fsp3) is 0.154. The zero-order chi connectivity index (χ0) is 13.0. The zero-order valence-electron chi connectivity index (χ0n) is 9.76. The van der Waals surface area contributed by atoms with Crippen LogP contribution in [0.1, 0.15) is 24.2 Å². The summed E-state index contributed by atoms with van der Waals surface area (Å²) >= 11 is 5.83. The number of rotatable bonds is 3. The molecular formula is C13H11ClN4. The molecule has 0 aliphatic rings. The van der Waals surface area contributed by atoms with E-state index in [2.05, 4.69) is 15.3 Å². The molecular weight excluding hydrogens is 248 g/mol. The molecule has 2 rings (SSSR count). The van der Waals surface area contributed by atoms with E-state index >= 15 is 0 Å². The molecule has 1 heterocycles. The van der Waals surface area contributed by atoms with Gasteiger partial charge in [-0.3, -0.25) is 0 Å². The van der Waals surface area contributed by atoms with Crippen LogP contribution in [0.25, 0.3) is 0 Å². The van der Waals surface area contributed by atoms with Crippen molar-refractivity contribution in [2.75, 3.05) is 5.32 Å². The van der Waals surface area contributed by atoms with Crippen LogP contribution in [0.3, 0.4) is 0 Å². The van der Waals surface area contributed by atoms with Crippen LogP contribution < -0.4 is 5.32 Å². The molecule has 0 saturated heterocycles. The second kappa shape index (κ2) is 5.48. The van der Waals surface area contributed by atoms with Crippen LogP contribution in [0, 0.1) is 11.3 Å². The van der Waals surface area contributed by atoms with E-state index in [4.69, 9.17) is 16.9 Å². The van der Waals surface area contributed by atoms with Gasteiger partial charge in [-0.15, -0.1) is 0 Å². The Morgan fingerprint density at radius 3 is 2.67 bits per heavy atom. The molecule has 0 aliphatic carbocycles. The number of anilines is 1. The lowest BCUT2D eigenvalue weighted by atomic mass is 10.1. The Morgan fingerprint density at radius 1 is 1.28 bits per heavy atom. The van der Waals surface area contributed by atoms with Crippen molar-refractivity contribution >= 4 is 17.5 Å². The highest BCUT2D eigenvalue weighted by atomic mass is 35.5. The van der Waals surface area contributed by atoms with E-state index in [1.165, 1.54) is 0 Å². The molecule has 4 nitrogen and oxygen atoms in total. The standard InChI is InChI=1S/C13H11ClN4/c1-9(10-2-4-11(14)5-3-10)17-13-16-7-6-12(8-15)18-13/h2-7,9H,1H3,(H,16,17,18). The van der Waals surface area contributed by atoms with Crippen molar-refractivity contribution in [3.8, 4) is 6.07 Å². The van der Waals surface area contributed by atoms with Gasteiger partial charge in [0.2, 0.25) is 5.95 Å². The summed E-state index contributed by atoms with van der Waals surface area (Å²) in [5, 5.41) is 12.6. The molecule has 0 amide bonds. The molecule has 0 bridgehead atoms. The smallest absolute Gasteiger partial charge is 0.224 e. The molecule has 0 aliphatic heterocycles. The molecule has 2 aromatic rings. The first kappa shape index (κ1) is 12.3. The summed E-state index contributed by atoms with van der Waals surface area (Å²) in [5.74, 6) is 0.441. The normalized spacial score (nSPS) is 11.6. The van der Waals surface area contributed by atoms with Gasteiger partial charge in [-0.05, 0) is 30.7 Å². The van der Waals surface area contributed by atoms with Crippen LogP contribution in [-0.2, 0) is 0 Å². The molecule has 1 aromatic carbocycles. The molecule has 90 valence electrons. The molecule has 1 aromatic heterocycles. The van der Waals surface area contributed by atoms with Crippen molar-refractivity contribution in [1.82, 2.24) is 9.97 Å². The fourth-order valence-electron chi connectivity index (χ4n) is 1.52. The summed E-state index contributed by atoms with van der Waals surface area (Å²) in [6, 6.07) is 11.1. The number of nitrogens with zero attached hydrogens (tertiary/aromatic N) is 3. The SMILES string of the molecule is CC(Nc1nccc(C#N)n1)c1ccc(Cl)cc1. The third-order valence-electron chi connectivity index (χ3n) is 2.49. The van der Waals surface area contributed by atoms with Gasteiger partial charge in [0.05, 0.1) is 6.04 Å². The Labute approximate surface area is 110 Å². The van der Waals surface area contributed by atoms with E-state index in [1.807, 2.05) is 37.3 Å². The molecule has 5 heteroatoms. The topological polar surface area (TPSA) is 61.6 Å². The molecule has 0 fully saturated rings. The average molecular weight is 259 g/mol. The van der Waals surface area contributed by atoms with Crippen molar-refractivity contribution in [3.05, 3.63) is 52.8 Å². The lowest BCUT2D eigenvalue weighted by Gasteiger charge is -2.14. The van der Waals surface area contributed by atoms with Crippen LogP contribution in [-0.4, -0.2) is 9.97 Å². The maximum absolute atomic E-state index is 8.76. The molecule has 0 radical (unpaired) electrons. The summed E-state index contributed by atoms with van der Waals surface area (Å²) in [5.41, 5.74) is 1.42. The summed E-state index contributed by atoms with van der Waals surface area (Å²) in [4.78, 5) is 8.14. The predicted molar refractivity (Wildman–Crippen MR) is 70.2 cm³/mol. The Balaban J connectivity index is 2.13. The van der Waals surface area contributed by atoms with Gasteiger partial charge < -0.3 is 5.32 Å². The van der Waals surface area contributed by atoms with Gasteiger partial charge in [0, 0.05) is 11.2 Å². The van der Waals surface area contributed by atoms with Crippen LogP contribution in [0.2, 0.25) is 5.02 Å². The number of nitriles is 1. The largest absolute Gasteiger partial charge is 0.348 e. The number of nitrogens with one attached hydrogen (secondary N) is 1. The van der Waals surface area contributed by atoms with Crippen LogP contribution >= 0.6 is 11.6 Å². The van der Waals surface area contributed by atoms with E-state index in [-0.39, 0.29) is 6.04 Å². The van der Waals surface area contributed by atoms with E-state index in [9.17, 15) is 0 Å². The first-order valence-electron chi connectivity index (χ1n) is 5.44. The zero-order valence-corrected chi connectivity index (χ0v) is 10.5. The molecule has 1 atom stereocenters. The second-order valence-corrected chi connectivity index (χ2v) is 4.23. The van der Waals surface area contributed by atoms with Crippen molar-refractivity contribution in [2.45, 2.75) is 13.0 Å². The molecule has 0 spiro atoms. The van der Waals surface area contributed by atoms with Gasteiger partial charge >= 0.3 is 0 Å². The van der Waals surface area contributed by atoms with Gasteiger partial charge in [-0.1, -0.05) is 23.7 Å². The van der Waals surface area contributed by atoms with Gasteiger partial charge in [-0.25, -0.2) is 9.97 Å². The highest BCUT2D eigenvalue weighted by Crippen LogP contribution is 2.18. The summed E-state index contributed by atoms with van der Waals surface area (Å²) in [7, 11) is 0. The van der Waals surface area contributed by atoms with Crippen LogP contribution in [0.15, 0.2) is 36.5 Å². The molecule has 0 saturated carbocycles. The molecule has 1 unspecified atom stereocenters. The van der Waals surface area contributed by atoms with Gasteiger partial charge in [0.15, 0.2) is 0 Å². The van der Waals surface area contributed by atoms with E-state index in [0.29, 0.717) is 16.7 Å². The Bertz CT molecular complexity index is 574. The van der Waals surface area contributed by atoms with E-state index in [1.54, 1.807) is 12.3 Å². The summed E-state index contributed by atoms with van der Waals surface area (Å²) in [6.07, 6.45) is 1.56. The number of aromatic nitrogens is 2. The van der Waals surface area contributed by atoms with E-state index in [0.717, 1.165) is 5.56 Å². The molecule has 1 N–H and O–H groups in total. The minimum absolute atomic E-state index is 0.0382. The highest BCUT2D eigenvalue weighted by molar-refractivity contribution is 6.30. The van der Waals surface area contributed by atoms with Crippen LogP contribution in [0.5, 0.6) is 0 Å². The maximum atomic E-state index is 8.76. The minimum Gasteiger partial charge on any atom is -0.348 e. The molecule has 18 heavy (non-hydrogen) atoms. The van der Waals surface area contributed by atoms with Crippen molar-refractivity contribution in [2.24, 2.45) is 0 Å². The van der Waals surface area contributed by atoms with Gasteiger partial charge in [-0.2, -0.15) is 5.26 Å². The quantitative estimate of drug-likeness (QED) is 0.919. The average Bonchev–Trinajstić information content (AvgIpc) is 2.39. The number of hydrogen-bond donors (Lipinski definition) is 1. The van der Waals surface area contributed by atoms with Crippen LogP contribution in [0.4, 0.5) is 5.95 Å². The number of halogens is 1. The third kappa shape index (κ3) is 2.96. The highest BCUT2D eigenvalue weighted by Gasteiger charge is 2.07. The fourth-order valence-corrected chi connectivity index (χ4v) is 1.64. The first-order valence-corrected chi connectivity index (χ1v) is 5.82. The van der Waals surface area contributed by atoms with Crippen molar-refractivity contribution in [3.63, 3.8) is 0 Å². The predicted octanol–water partition coefficient (Wildman–Crippen LogP) is 3.17. The Morgan fingerprint density at radius 2 is 2.00 bits per heavy atom. The third-order valence-corrected chi connectivity index (χ3v) is 2.74. The lowest BCUT2D eigenvalue weighted by Crippen LogP contribution is -2.09. The Kier molecular flexibility index (Phi) is 3.75. The Hall–Kier alpha value is -2.12. The summed E-state index contributed by atoms with van der Waals surface area (Å²) < 4.78 is 0. The first-order chi connectivity index (χ1) is 8.69. The van der Waals surface area contributed by atoms with Gasteiger partial charge in [0.1, 0.15) is 11.8 Å². The second-order valence-electron chi connectivity index (χ2n) is 3.79. The van der Waals surface area contributed by atoms with Crippen molar-refractivity contribution < 1.29 is 0 Å². The maximum Gasteiger partial charge on any atom is 0.224 e. The number of hydrogen-bond acceptors (Lipinski definition) is 4. The lowest BCUT2D eigenvalue weighted by molar-refractivity contribution is 0.859. The minimum atomic E-state index is 0.0382. The number of benzene rings is 1.